The van der Waals surface area contributed by atoms with Crippen molar-refractivity contribution in [3.05, 3.63) is 54.1 Å². The van der Waals surface area contributed by atoms with E-state index in [0.717, 1.165) is 5.69 Å². The van der Waals surface area contributed by atoms with Gasteiger partial charge in [-0.05, 0) is 42.5 Å². The number of rotatable bonds is 5. The van der Waals surface area contributed by atoms with Crippen LogP contribution in [0.4, 0.5) is 17.1 Å². The number of carbonyl (C=O) groups is 2. The summed E-state index contributed by atoms with van der Waals surface area (Å²) >= 11 is 0. The quantitative estimate of drug-likeness (QED) is 0.890. The minimum absolute atomic E-state index is 0.0623. The number of amides is 2. The van der Waals surface area contributed by atoms with E-state index in [9.17, 15) is 9.59 Å². The summed E-state index contributed by atoms with van der Waals surface area (Å²) in [5.74, 6) is -0.248. The van der Waals surface area contributed by atoms with Crippen LogP contribution in [0, 0.1) is 0 Å². The minimum atomic E-state index is -0.186. The molecule has 23 heavy (non-hydrogen) atoms. The van der Waals surface area contributed by atoms with E-state index in [2.05, 4.69) is 10.6 Å². The van der Waals surface area contributed by atoms with E-state index >= 15 is 0 Å². The lowest BCUT2D eigenvalue weighted by molar-refractivity contribution is -0.115. The number of benzene rings is 2. The fourth-order valence-electron chi connectivity index (χ4n) is 2.04. The van der Waals surface area contributed by atoms with Crippen LogP contribution in [-0.2, 0) is 4.79 Å². The average Bonchev–Trinajstić information content (AvgIpc) is 2.55. The first-order valence-corrected chi connectivity index (χ1v) is 7.48. The highest BCUT2D eigenvalue weighted by atomic mass is 16.2. The van der Waals surface area contributed by atoms with Gasteiger partial charge in [0.25, 0.3) is 5.91 Å². The van der Waals surface area contributed by atoms with Gasteiger partial charge in [-0.2, -0.15) is 0 Å². The Morgan fingerprint density at radius 2 is 1.57 bits per heavy atom. The first-order chi connectivity index (χ1) is 11.0. The van der Waals surface area contributed by atoms with Crippen LogP contribution in [0.25, 0.3) is 0 Å². The highest BCUT2D eigenvalue weighted by Crippen LogP contribution is 2.17. The molecule has 0 radical (unpaired) electrons. The maximum atomic E-state index is 12.3. The van der Waals surface area contributed by atoms with Crippen molar-refractivity contribution in [3.63, 3.8) is 0 Å². The summed E-state index contributed by atoms with van der Waals surface area (Å²) in [6.07, 6.45) is 0.412. The highest BCUT2D eigenvalue weighted by molar-refractivity contribution is 6.04. The Balaban J connectivity index is 2.07. The lowest BCUT2D eigenvalue weighted by Crippen LogP contribution is -2.14. The van der Waals surface area contributed by atoms with Crippen LogP contribution >= 0.6 is 0 Å². The molecule has 0 spiro atoms. The number of nitrogens with zero attached hydrogens (tertiary/aromatic N) is 1. The van der Waals surface area contributed by atoms with E-state index in [0.29, 0.717) is 23.4 Å². The van der Waals surface area contributed by atoms with Crippen LogP contribution in [-0.4, -0.2) is 25.9 Å². The third-order valence-electron chi connectivity index (χ3n) is 3.37. The highest BCUT2D eigenvalue weighted by Gasteiger charge is 2.07. The van der Waals surface area contributed by atoms with Gasteiger partial charge in [-0.3, -0.25) is 9.59 Å². The van der Waals surface area contributed by atoms with Gasteiger partial charge in [0.15, 0.2) is 0 Å². The van der Waals surface area contributed by atoms with E-state index in [1.807, 2.05) is 31.1 Å². The van der Waals surface area contributed by atoms with Crippen molar-refractivity contribution in [1.82, 2.24) is 0 Å². The monoisotopic (exact) mass is 311 g/mol. The Labute approximate surface area is 136 Å². The molecular formula is C18H21N3O2. The third kappa shape index (κ3) is 4.57. The molecule has 0 saturated carbocycles. The normalized spacial score (nSPS) is 10.0. The molecule has 0 aliphatic heterocycles. The molecule has 0 fully saturated rings. The van der Waals surface area contributed by atoms with Gasteiger partial charge in [-0.15, -0.1) is 0 Å². The van der Waals surface area contributed by atoms with Gasteiger partial charge in [0.1, 0.15) is 0 Å². The van der Waals surface area contributed by atoms with Crippen LogP contribution in [0.1, 0.15) is 23.7 Å². The molecule has 2 aromatic rings. The molecule has 120 valence electrons. The predicted molar refractivity (Wildman–Crippen MR) is 94.1 cm³/mol. The zero-order valence-electron chi connectivity index (χ0n) is 13.6. The zero-order valence-corrected chi connectivity index (χ0v) is 13.6. The summed E-state index contributed by atoms with van der Waals surface area (Å²) in [7, 11) is 3.90. The van der Waals surface area contributed by atoms with Crippen molar-refractivity contribution in [2.24, 2.45) is 0 Å². The molecule has 0 bridgehead atoms. The van der Waals surface area contributed by atoms with Crippen LogP contribution in [0.15, 0.2) is 48.5 Å². The molecule has 2 rings (SSSR count). The Morgan fingerprint density at radius 1 is 0.957 bits per heavy atom. The van der Waals surface area contributed by atoms with Crippen molar-refractivity contribution in [2.75, 3.05) is 29.6 Å². The molecule has 2 amide bonds. The van der Waals surface area contributed by atoms with Crippen LogP contribution in [0.5, 0.6) is 0 Å². The number of carbonyl (C=O) groups excluding carboxylic acids is 2. The first-order valence-electron chi connectivity index (χ1n) is 7.48. The molecule has 5 heteroatoms. The molecule has 2 aromatic carbocycles. The summed E-state index contributed by atoms with van der Waals surface area (Å²) in [5, 5.41) is 5.60. The number of hydrogen-bond donors (Lipinski definition) is 2. The van der Waals surface area contributed by atoms with Crippen LogP contribution in [0.3, 0.4) is 0 Å². The number of anilines is 3. The predicted octanol–water partition coefficient (Wildman–Crippen LogP) is 3.35. The van der Waals surface area contributed by atoms with Gasteiger partial charge in [0.2, 0.25) is 5.91 Å². The fourth-order valence-corrected chi connectivity index (χ4v) is 2.04. The molecule has 0 aliphatic rings. The Bertz CT molecular complexity index is 694. The lowest BCUT2D eigenvalue weighted by atomic mass is 10.2. The second-order valence-corrected chi connectivity index (χ2v) is 5.38. The Morgan fingerprint density at radius 3 is 2.13 bits per heavy atom. The summed E-state index contributed by atoms with van der Waals surface area (Å²) in [4.78, 5) is 25.7. The molecule has 0 aliphatic carbocycles. The van der Waals surface area contributed by atoms with Gasteiger partial charge in [-0.25, -0.2) is 0 Å². The Hall–Kier alpha value is -2.82. The summed E-state index contributed by atoms with van der Waals surface area (Å²) in [6.45, 7) is 1.79. The summed E-state index contributed by atoms with van der Waals surface area (Å²) in [6, 6.07) is 14.5. The topological polar surface area (TPSA) is 61.4 Å². The molecule has 0 heterocycles. The van der Waals surface area contributed by atoms with Crippen molar-refractivity contribution < 1.29 is 9.59 Å². The first kappa shape index (κ1) is 16.5. The van der Waals surface area contributed by atoms with Gasteiger partial charge in [0, 0.05) is 43.1 Å². The Kier molecular flexibility index (Phi) is 5.36. The van der Waals surface area contributed by atoms with Crippen molar-refractivity contribution in [1.29, 1.82) is 0 Å². The van der Waals surface area contributed by atoms with Gasteiger partial charge in [0.05, 0.1) is 0 Å². The minimum Gasteiger partial charge on any atom is -0.378 e. The smallest absolute Gasteiger partial charge is 0.255 e. The molecule has 0 saturated heterocycles. The SMILES string of the molecule is CCC(=O)Nc1cccc(NC(=O)c2ccc(N(C)C)cc2)c1. The van der Waals surface area contributed by atoms with E-state index in [1.165, 1.54) is 0 Å². The van der Waals surface area contributed by atoms with E-state index in [1.54, 1.807) is 43.3 Å². The zero-order chi connectivity index (χ0) is 16.8. The van der Waals surface area contributed by atoms with Crippen LogP contribution < -0.4 is 15.5 Å². The van der Waals surface area contributed by atoms with E-state index in [4.69, 9.17) is 0 Å². The fraction of sp³-hybridized carbons (Fsp3) is 0.222. The maximum absolute atomic E-state index is 12.3. The number of hydrogen-bond acceptors (Lipinski definition) is 3. The molecule has 5 nitrogen and oxygen atoms in total. The van der Waals surface area contributed by atoms with Crippen molar-refractivity contribution in [3.8, 4) is 0 Å². The molecule has 2 N–H and O–H groups in total. The van der Waals surface area contributed by atoms with E-state index in [-0.39, 0.29) is 11.8 Å². The molecule has 0 aromatic heterocycles. The van der Waals surface area contributed by atoms with Crippen LogP contribution in [0.2, 0.25) is 0 Å². The van der Waals surface area contributed by atoms with Gasteiger partial charge >= 0.3 is 0 Å². The maximum Gasteiger partial charge on any atom is 0.255 e. The van der Waals surface area contributed by atoms with Crippen molar-refractivity contribution in [2.45, 2.75) is 13.3 Å². The van der Waals surface area contributed by atoms with Gasteiger partial charge < -0.3 is 15.5 Å². The third-order valence-corrected chi connectivity index (χ3v) is 3.37. The summed E-state index contributed by atoms with van der Waals surface area (Å²) in [5.41, 5.74) is 2.92. The average molecular weight is 311 g/mol. The largest absolute Gasteiger partial charge is 0.378 e. The summed E-state index contributed by atoms with van der Waals surface area (Å²) < 4.78 is 0. The van der Waals surface area contributed by atoms with Gasteiger partial charge in [-0.1, -0.05) is 13.0 Å². The second-order valence-electron chi connectivity index (χ2n) is 5.38. The molecule has 0 atom stereocenters. The van der Waals surface area contributed by atoms with Crippen molar-refractivity contribution >= 4 is 28.9 Å². The second kappa shape index (κ2) is 7.45. The lowest BCUT2D eigenvalue weighted by Gasteiger charge is -2.13. The number of nitrogens with one attached hydrogen (secondary N) is 2. The standard InChI is InChI=1S/C18H21N3O2/c1-4-17(22)19-14-6-5-7-15(12-14)20-18(23)13-8-10-16(11-9-13)21(2)3/h5-12H,4H2,1-3H3,(H,19,22)(H,20,23). The molecule has 0 unspecified atom stereocenters. The molecular weight excluding hydrogens is 290 g/mol. The van der Waals surface area contributed by atoms with E-state index < -0.39 is 0 Å².